The molecule has 0 N–H and O–H groups in total. The van der Waals surface area contributed by atoms with Gasteiger partial charge >= 0.3 is 17.9 Å². The zero-order valence-electron chi connectivity index (χ0n) is 48.4. The van der Waals surface area contributed by atoms with E-state index in [2.05, 4.69) is 93.7 Å². The van der Waals surface area contributed by atoms with Crippen LogP contribution in [0.5, 0.6) is 0 Å². The molecule has 0 fully saturated rings. The van der Waals surface area contributed by atoms with Crippen LogP contribution in [-0.4, -0.2) is 37.2 Å². The second-order valence-electron chi connectivity index (χ2n) is 20.9. The summed E-state index contributed by atoms with van der Waals surface area (Å²) in [6.45, 7) is 6.48. The average molecular weight is 1020 g/mol. The zero-order valence-corrected chi connectivity index (χ0v) is 48.4. The average Bonchev–Trinajstić information content (AvgIpc) is 3.39. The molecule has 0 spiro atoms. The third-order valence-corrected chi connectivity index (χ3v) is 13.7. The molecule has 0 rings (SSSR count). The maximum Gasteiger partial charge on any atom is 0.306 e. The normalized spacial score (nSPS) is 12.5. The fourth-order valence-electron chi connectivity index (χ4n) is 9.00. The number of ether oxygens (including phenoxy) is 3. The van der Waals surface area contributed by atoms with Crippen molar-refractivity contribution in [2.24, 2.45) is 0 Å². The molecule has 0 saturated carbocycles. The predicted molar refractivity (Wildman–Crippen MR) is 316 cm³/mol. The van der Waals surface area contributed by atoms with Gasteiger partial charge in [0, 0.05) is 19.3 Å². The molecule has 6 heteroatoms. The summed E-state index contributed by atoms with van der Waals surface area (Å²) in [6.07, 6.45) is 79.5. The van der Waals surface area contributed by atoms with Crippen LogP contribution in [-0.2, 0) is 28.6 Å². The monoisotopic (exact) mass is 1020 g/mol. The minimum atomic E-state index is -0.780. The van der Waals surface area contributed by atoms with Crippen molar-refractivity contribution in [3.8, 4) is 0 Å². The SMILES string of the molecule is CC/C=C\C/C=C\C/C=C\CCCCCCCC(=O)OC(COC(=O)CCCCCCCCC)COC(=O)CCCCCCCCCCCCCCCCCCCC/C=C\C/C=C\C/C=C\CCCCCCC. The Kier molecular flexibility index (Phi) is 58.7. The van der Waals surface area contributed by atoms with Crippen molar-refractivity contribution >= 4 is 17.9 Å². The van der Waals surface area contributed by atoms with E-state index in [-0.39, 0.29) is 31.1 Å². The number of allylic oxidation sites excluding steroid dienone is 12. The molecule has 0 aliphatic rings. The van der Waals surface area contributed by atoms with Gasteiger partial charge in [-0.25, -0.2) is 0 Å². The van der Waals surface area contributed by atoms with E-state index in [1.807, 2.05) is 0 Å². The Morgan fingerprint density at radius 2 is 0.534 bits per heavy atom. The minimum absolute atomic E-state index is 0.0793. The van der Waals surface area contributed by atoms with Crippen molar-refractivity contribution in [3.63, 3.8) is 0 Å². The van der Waals surface area contributed by atoms with Crippen molar-refractivity contribution < 1.29 is 28.6 Å². The van der Waals surface area contributed by atoms with E-state index >= 15 is 0 Å². The summed E-state index contributed by atoms with van der Waals surface area (Å²) < 4.78 is 16.8. The number of unbranched alkanes of at least 4 members (excludes halogenated alkanes) is 34. The number of carbonyl (C=O) groups is 3. The standard InChI is InChI=1S/C67H118O6/c1-4-7-10-13-16-18-20-22-24-25-26-27-28-29-30-31-32-33-34-35-36-37-38-39-40-41-43-44-46-48-51-54-57-60-66(69)72-63-64(62-71-65(68)59-56-53-50-15-12-9-6-3)73-67(70)61-58-55-52-49-47-45-42-23-21-19-17-14-11-8-5-2/h8,11,17,19-20,22-23,25-26,28-29,42,64H,4-7,9-10,12-16,18,21,24,27,30-41,43-63H2,1-3H3/b11-8-,19-17-,22-20-,26-25-,29-28-,42-23-. The summed E-state index contributed by atoms with van der Waals surface area (Å²) >= 11 is 0. The fraction of sp³-hybridized carbons (Fsp3) is 0.776. The van der Waals surface area contributed by atoms with Crippen LogP contribution in [0.2, 0.25) is 0 Å². The zero-order chi connectivity index (χ0) is 52.9. The van der Waals surface area contributed by atoms with Gasteiger partial charge in [-0.15, -0.1) is 0 Å². The largest absolute Gasteiger partial charge is 0.462 e. The van der Waals surface area contributed by atoms with Gasteiger partial charge in [0.05, 0.1) is 0 Å². The molecule has 0 aliphatic heterocycles. The number of rotatable bonds is 57. The lowest BCUT2D eigenvalue weighted by Gasteiger charge is -2.18. The van der Waals surface area contributed by atoms with Crippen LogP contribution in [0.3, 0.4) is 0 Å². The van der Waals surface area contributed by atoms with Crippen LogP contribution >= 0.6 is 0 Å². The Bertz CT molecular complexity index is 1360. The molecule has 0 aliphatic carbocycles. The molecule has 73 heavy (non-hydrogen) atoms. The van der Waals surface area contributed by atoms with Crippen molar-refractivity contribution in [1.82, 2.24) is 0 Å². The molecule has 0 aromatic heterocycles. The van der Waals surface area contributed by atoms with E-state index in [1.165, 1.54) is 167 Å². The molecule has 0 bridgehead atoms. The summed E-state index contributed by atoms with van der Waals surface area (Å²) in [4.78, 5) is 38.0. The molecule has 0 aromatic carbocycles. The van der Waals surface area contributed by atoms with Crippen molar-refractivity contribution in [2.45, 2.75) is 322 Å². The topological polar surface area (TPSA) is 78.9 Å². The highest BCUT2D eigenvalue weighted by molar-refractivity contribution is 5.71. The molecule has 0 heterocycles. The van der Waals surface area contributed by atoms with Crippen LogP contribution in [0.15, 0.2) is 72.9 Å². The lowest BCUT2D eigenvalue weighted by molar-refractivity contribution is -0.167. The number of carbonyl (C=O) groups excluding carboxylic acids is 3. The maximum absolute atomic E-state index is 12.8. The Morgan fingerprint density at radius 3 is 0.836 bits per heavy atom. The van der Waals surface area contributed by atoms with E-state index < -0.39 is 6.10 Å². The van der Waals surface area contributed by atoms with Gasteiger partial charge < -0.3 is 14.2 Å². The first kappa shape index (κ1) is 69.8. The first-order valence-electron chi connectivity index (χ1n) is 31.4. The molecular formula is C67H118O6. The summed E-state index contributed by atoms with van der Waals surface area (Å²) in [7, 11) is 0. The third-order valence-electron chi connectivity index (χ3n) is 13.7. The van der Waals surface area contributed by atoms with Crippen LogP contribution in [0.4, 0.5) is 0 Å². The molecule has 1 unspecified atom stereocenters. The molecule has 0 amide bonds. The summed E-state index contributed by atoms with van der Waals surface area (Å²) in [5, 5.41) is 0. The molecule has 0 radical (unpaired) electrons. The molecule has 0 saturated heterocycles. The Labute approximate surface area is 453 Å². The van der Waals surface area contributed by atoms with E-state index in [4.69, 9.17) is 14.2 Å². The van der Waals surface area contributed by atoms with Crippen LogP contribution in [0.1, 0.15) is 316 Å². The highest BCUT2D eigenvalue weighted by atomic mass is 16.6. The lowest BCUT2D eigenvalue weighted by Crippen LogP contribution is -2.30. The summed E-state index contributed by atoms with van der Waals surface area (Å²) in [5.41, 5.74) is 0. The van der Waals surface area contributed by atoms with E-state index in [1.54, 1.807) is 0 Å². The van der Waals surface area contributed by atoms with Gasteiger partial charge in [-0.1, -0.05) is 280 Å². The Morgan fingerprint density at radius 1 is 0.288 bits per heavy atom. The molecule has 0 aromatic rings. The highest BCUT2D eigenvalue weighted by Crippen LogP contribution is 2.17. The van der Waals surface area contributed by atoms with Crippen molar-refractivity contribution in [1.29, 1.82) is 0 Å². The highest BCUT2D eigenvalue weighted by Gasteiger charge is 2.19. The number of esters is 3. The van der Waals surface area contributed by atoms with E-state index in [9.17, 15) is 14.4 Å². The summed E-state index contributed by atoms with van der Waals surface area (Å²) in [6, 6.07) is 0. The second kappa shape index (κ2) is 61.4. The van der Waals surface area contributed by atoms with Crippen LogP contribution in [0, 0.1) is 0 Å². The molecule has 422 valence electrons. The van der Waals surface area contributed by atoms with E-state index in [0.29, 0.717) is 19.3 Å². The first-order valence-corrected chi connectivity index (χ1v) is 31.4. The lowest BCUT2D eigenvalue weighted by atomic mass is 10.0. The van der Waals surface area contributed by atoms with Crippen molar-refractivity contribution in [3.05, 3.63) is 72.9 Å². The molecule has 1 atom stereocenters. The van der Waals surface area contributed by atoms with Gasteiger partial charge in [0.2, 0.25) is 0 Å². The Hall–Kier alpha value is -3.15. The van der Waals surface area contributed by atoms with Gasteiger partial charge in [-0.2, -0.15) is 0 Å². The van der Waals surface area contributed by atoms with Gasteiger partial charge in [0.25, 0.3) is 0 Å². The van der Waals surface area contributed by atoms with Gasteiger partial charge in [-0.05, 0) is 89.9 Å². The van der Waals surface area contributed by atoms with Crippen LogP contribution < -0.4 is 0 Å². The van der Waals surface area contributed by atoms with E-state index in [0.717, 1.165) is 109 Å². The maximum atomic E-state index is 12.8. The number of hydrogen-bond acceptors (Lipinski definition) is 6. The predicted octanol–water partition coefficient (Wildman–Crippen LogP) is 21.3. The quantitative estimate of drug-likeness (QED) is 0.0261. The van der Waals surface area contributed by atoms with Crippen molar-refractivity contribution in [2.75, 3.05) is 13.2 Å². The minimum Gasteiger partial charge on any atom is -0.462 e. The molecule has 6 nitrogen and oxygen atoms in total. The third kappa shape index (κ3) is 59.6. The number of hydrogen-bond donors (Lipinski definition) is 0. The first-order chi connectivity index (χ1) is 36.0. The van der Waals surface area contributed by atoms with Gasteiger partial charge in [-0.3, -0.25) is 14.4 Å². The van der Waals surface area contributed by atoms with Gasteiger partial charge in [0.1, 0.15) is 13.2 Å². The van der Waals surface area contributed by atoms with Crippen LogP contribution in [0.25, 0.3) is 0 Å². The molecular weight excluding hydrogens is 901 g/mol. The van der Waals surface area contributed by atoms with Gasteiger partial charge in [0.15, 0.2) is 6.10 Å². The second-order valence-corrected chi connectivity index (χ2v) is 20.9. The Balaban J connectivity index is 4.00. The smallest absolute Gasteiger partial charge is 0.306 e. The fourth-order valence-corrected chi connectivity index (χ4v) is 9.00. The summed E-state index contributed by atoms with van der Waals surface area (Å²) in [5.74, 6) is -0.893.